The molecule has 0 aliphatic heterocycles. The lowest BCUT2D eigenvalue weighted by atomic mass is 10.4. The summed E-state index contributed by atoms with van der Waals surface area (Å²) >= 11 is 0. The van der Waals surface area contributed by atoms with Gasteiger partial charge in [0.05, 0.1) is 12.5 Å². The van der Waals surface area contributed by atoms with Crippen LogP contribution in [0.2, 0.25) is 0 Å². The first-order valence-electron chi connectivity index (χ1n) is 3.96. The Labute approximate surface area is 88.6 Å². The number of aliphatic hydroxyl groups excluding tert-OH is 1. The Hall–Kier alpha value is -1.13. The van der Waals surface area contributed by atoms with Crippen LogP contribution in [0, 0.1) is 0 Å². The minimum Gasteiger partial charge on any atom is -0.382 e. The van der Waals surface area contributed by atoms with Crippen molar-refractivity contribution in [1.29, 1.82) is 0 Å². The highest BCUT2D eigenvalue weighted by atomic mass is 32.2. The molecule has 0 aliphatic carbocycles. The Morgan fingerprint density at radius 3 is 2.62 bits per heavy atom. The Bertz CT molecular complexity index is 428. The minimum absolute atomic E-state index is 0.373. The number of aromatic amines is 1. The lowest BCUT2D eigenvalue weighted by Gasteiger charge is -2.14. The van der Waals surface area contributed by atoms with Gasteiger partial charge in [0.25, 0.3) is 10.0 Å². The van der Waals surface area contributed by atoms with Gasteiger partial charge in [-0.2, -0.15) is 13.2 Å². The molecule has 0 amide bonds. The molecule has 92 valence electrons. The summed E-state index contributed by atoms with van der Waals surface area (Å²) in [5.74, 6) is 0. The molecule has 0 bridgehead atoms. The highest BCUT2D eigenvalue weighted by Gasteiger charge is 2.38. The predicted octanol–water partition coefficient (Wildman–Crippen LogP) is -0.389. The molecule has 0 saturated heterocycles. The summed E-state index contributed by atoms with van der Waals surface area (Å²) in [4.78, 5) is 5.62. The molecule has 16 heavy (non-hydrogen) atoms. The monoisotopic (exact) mass is 259 g/mol. The number of alkyl halides is 3. The van der Waals surface area contributed by atoms with E-state index in [0.717, 1.165) is 12.5 Å². The molecule has 1 unspecified atom stereocenters. The van der Waals surface area contributed by atoms with Crippen LogP contribution in [0.5, 0.6) is 0 Å². The summed E-state index contributed by atoms with van der Waals surface area (Å²) in [5, 5.41) is 8.20. The van der Waals surface area contributed by atoms with Crippen molar-refractivity contribution in [3.8, 4) is 0 Å². The summed E-state index contributed by atoms with van der Waals surface area (Å²) in [6, 6.07) is 0. The average molecular weight is 259 g/mol. The predicted molar refractivity (Wildman–Crippen MR) is 45.8 cm³/mol. The van der Waals surface area contributed by atoms with Crippen LogP contribution in [-0.4, -0.2) is 42.3 Å². The summed E-state index contributed by atoms with van der Waals surface area (Å²) in [7, 11) is -4.10. The van der Waals surface area contributed by atoms with Crippen molar-refractivity contribution in [3.63, 3.8) is 0 Å². The van der Waals surface area contributed by atoms with Crippen molar-refractivity contribution in [2.75, 3.05) is 6.54 Å². The molecular formula is C6H8F3N3O3S. The SMILES string of the molecule is O=S(=O)(NCC(O)C(F)(F)F)c1cnc[nH]1. The van der Waals surface area contributed by atoms with Crippen molar-refractivity contribution >= 4 is 10.0 Å². The molecule has 1 atom stereocenters. The van der Waals surface area contributed by atoms with E-state index in [2.05, 4.69) is 9.97 Å². The van der Waals surface area contributed by atoms with Crippen LogP contribution in [0.25, 0.3) is 0 Å². The number of nitrogens with zero attached hydrogens (tertiary/aromatic N) is 1. The average Bonchev–Trinajstić information content (AvgIpc) is 2.65. The van der Waals surface area contributed by atoms with Crippen molar-refractivity contribution in [2.24, 2.45) is 0 Å². The van der Waals surface area contributed by atoms with Crippen LogP contribution in [0.4, 0.5) is 13.2 Å². The minimum atomic E-state index is -4.86. The molecule has 0 saturated carbocycles. The van der Waals surface area contributed by atoms with Crippen LogP contribution in [0.3, 0.4) is 0 Å². The van der Waals surface area contributed by atoms with Gasteiger partial charge in [-0.05, 0) is 0 Å². The number of H-pyrrole nitrogens is 1. The van der Waals surface area contributed by atoms with E-state index >= 15 is 0 Å². The van der Waals surface area contributed by atoms with E-state index in [1.165, 1.54) is 0 Å². The maximum atomic E-state index is 11.9. The molecule has 0 radical (unpaired) electrons. The largest absolute Gasteiger partial charge is 0.415 e. The first-order chi connectivity index (χ1) is 7.23. The zero-order chi connectivity index (χ0) is 12.4. The molecule has 0 fully saturated rings. The van der Waals surface area contributed by atoms with Crippen molar-refractivity contribution < 1.29 is 26.7 Å². The summed E-state index contributed by atoms with van der Waals surface area (Å²) in [5.41, 5.74) is 0. The van der Waals surface area contributed by atoms with Gasteiger partial charge in [0, 0.05) is 6.54 Å². The van der Waals surface area contributed by atoms with Crippen LogP contribution >= 0.6 is 0 Å². The fraction of sp³-hybridized carbons (Fsp3) is 0.500. The lowest BCUT2D eigenvalue weighted by Crippen LogP contribution is -2.40. The van der Waals surface area contributed by atoms with Crippen molar-refractivity contribution in [3.05, 3.63) is 12.5 Å². The molecule has 1 rings (SSSR count). The highest BCUT2D eigenvalue weighted by molar-refractivity contribution is 7.89. The van der Waals surface area contributed by atoms with Gasteiger partial charge < -0.3 is 10.1 Å². The van der Waals surface area contributed by atoms with E-state index in [0.29, 0.717) is 0 Å². The van der Waals surface area contributed by atoms with E-state index in [9.17, 15) is 21.6 Å². The second kappa shape index (κ2) is 4.39. The number of hydrogen-bond donors (Lipinski definition) is 3. The molecule has 6 nitrogen and oxygen atoms in total. The molecule has 1 aromatic rings. The molecule has 0 aliphatic rings. The van der Waals surface area contributed by atoms with E-state index < -0.39 is 28.8 Å². The van der Waals surface area contributed by atoms with Gasteiger partial charge >= 0.3 is 6.18 Å². The molecule has 0 aromatic carbocycles. The van der Waals surface area contributed by atoms with Gasteiger partial charge in [-0.15, -0.1) is 0 Å². The van der Waals surface area contributed by atoms with Crippen LogP contribution < -0.4 is 4.72 Å². The summed E-state index contributed by atoms with van der Waals surface area (Å²) < 4.78 is 59.7. The van der Waals surface area contributed by atoms with Gasteiger partial charge in [-0.25, -0.2) is 18.1 Å². The van der Waals surface area contributed by atoms with Gasteiger partial charge in [0.1, 0.15) is 0 Å². The topological polar surface area (TPSA) is 95.1 Å². The number of hydrogen-bond acceptors (Lipinski definition) is 4. The molecule has 1 heterocycles. The summed E-state index contributed by atoms with van der Waals surface area (Å²) in [6.45, 7) is -1.15. The molecular weight excluding hydrogens is 251 g/mol. The Morgan fingerprint density at radius 1 is 1.56 bits per heavy atom. The Balaban J connectivity index is 2.63. The fourth-order valence-electron chi connectivity index (χ4n) is 0.772. The molecule has 3 N–H and O–H groups in total. The Kier molecular flexibility index (Phi) is 3.55. The van der Waals surface area contributed by atoms with Crippen molar-refractivity contribution in [1.82, 2.24) is 14.7 Å². The zero-order valence-electron chi connectivity index (χ0n) is 7.69. The molecule has 1 aromatic heterocycles. The zero-order valence-corrected chi connectivity index (χ0v) is 8.51. The molecule has 10 heteroatoms. The number of rotatable bonds is 4. The second-order valence-corrected chi connectivity index (χ2v) is 4.56. The normalized spacial score (nSPS) is 15.0. The van der Waals surface area contributed by atoms with Gasteiger partial charge in [-0.1, -0.05) is 0 Å². The van der Waals surface area contributed by atoms with Gasteiger partial charge in [-0.3, -0.25) is 0 Å². The van der Waals surface area contributed by atoms with Gasteiger partial charge in [0.15, 0.2) is 11.1 Å². The third kappa shape index (κ3) is 3.18. The first-order valence-corrected chi connectivity index (χ1v) is 5.44. The van der Waals surface area contributed by atoms with E-state index in [4.69, 9.17) is 5.11 Å². The maximum Gasteiger partial charge on any atom is 0.415 e. The smallest absolute Gasteiger partial charge is 0.382 e. The van der Waals surface area contributed by atoms with E-state index in [1.54, 1.807) is 4.72 Å². The third-order valence-corrected chi connectivity index (χ3v) is 2.96. The lowest BCUT2D eigenvalue weighted by molar-refractivity contribution is -0.200. The quantitative estimate of drug-likeness (QED) is 0.686. The molecule has 0 spiro atoms. The highest BCUT2D eigenvalue weighted by Crippen LogP contribution is 2.19. The number of sulfonamides is 1. The number of aliphatic hydroxyl groups is 1. The van der Waals surface area contributed by atoms with Gasteiger partial charge in [0.2, 0.25) is 0 Å². The third-order valence-electron chi connectivity index (χ3n) is 1.61. The number of nitrogens with one attached hydrogen (secondary N) is 2. The summed E-state index contributed by atoms with van der Waals surface area (Å²) in [6.07, 6.45) is -5.61. The number of halogens is 3. The van der Waals surface area contributed by atoms with E-state index in [1.807, 2.05) is 0 Å². The van der Waals surface area contributed by atoms with Crippen molar-refractivity contribution in [2.45, 2.75) is 17.3 Å². The van der Waals surface area contributed by atoms with E-state index in [-0.39, 0.29) is 5.03 Å². The van der Waals surface area contributed by atoms with Crippen LogP contribution in [0.15, 0.2) is 17.6 Å². The van der Waals surface area contributed by atoms with Crippen LogP contribution in [0.1, 0.15) is 0 Å². The maximum absolute atomic E-state index is 11.9. The standard InChI is InChI=1S/C6H8F3N3O3S/c7-6(8,9)4(13)1-12-16(14,15)5-2-10-3-11-5/h2-4,12-13H,1H2,(H,10,11). The van der Waals surface area contributed by atoms with Crippen LogP contribution in [-0.2, 0) is 10.0 Å². The first kappa shape index (κ1) is 12.9. The fourth-order valence-corrected chi connectivity index (χ4v) is 1.71. The second-order valence-electron chi connectivity index (χ2n) is 2.83. The number of imidazole rings is 1. The number of aromatic nitrogens is 2. The Morgan fingerprint density at radius 2 is 2.19 bits per heavy atom.